The first-order chi connectivity index (χ1) is 15.6. The second-order valence-electron chi connectivity index (χ2n) is 8.04. The number of pyridine rings is 2. The van der Waals surface area contributed by atoms with Crippen LogP contribution >= 0.6 is 0 Å². The summed E-state index contributed by atoms with van der Waals surface area (Å²) in [5, 5.41) is 17.6. The van der Waals surface area contributed by atoms with Crippen molar-refractivity contribution in [2.24, 2.45) is 5.92 Å². The van der Waals surface area contributed by atoms with Crippen molar-refractivity contribution in [2.45, 2.75) is 45.1 Å². The Balaban J connectivity index is 1.22. The molecule has 0 atom stereocenters. The fourth-order valence-electron chi connectivity index (χ4n) is 3.98. The van der Waals surface area contributed by atoms with E-state index in [0.29, 0.717) is 30.0 Å². The number of nitrogens with zero attached hydrogens (tertiary/aromatic N) is 4. The summed E-state index contributed by atoms with van der Waals surface area (Å²) in [6, 6.07) is 6.08. The molecule has 1 fully saturated rings. The van der Waals surface area contributed by atoms with Crippen molar-refractivity contribution >= 4 is 28.6 Å². The van der Waals surface area contributed by atoms with Crippen molar-refractivity contribution in [1.29, 1.82) is 0 Å². The highest BCUT2D eigenvalue weighted by Gasteiger charge is 2.21. The molecule has 4 rings (SSSR count). The number of anilines is 2. The normalized spacial score (nSPS) is 18.3. The van der Waals surface area contributed by atoms with Gasteiger partial charge in [-0.2, -0.15) is 0 Å². The Kier molecular flexibility index (Phi) is 6.94. The van der Waals surface area contributed by atoms with Gasteiger partial charge in [-0.25, -0.2) is 19.9 Å². The van der Waals surface area contributed by atoms with Crippen LogP contribution in [0.5, 0.6) is 5.88 Å². The molecule has 3 N–H and O–H groups in total. The lowest BCUT2D eigenvalue weighted by Gasteiger charge is -2.29. The molecule has 0 saturated heterocycles. The lowest BCUT2D eigenvalue weighted by molar-refractivity contribution is -0.142. The summed E-state index contributed by atoms with van der Waals surface area (Å²) in [5.41, 5.74) is 1.26. The van der Waals surface area contributed by atoms with Crippen LogP contribution in [-0.2, 0) is 16.0 Å². The van der Waals surface area contributed by atoms with Gasteiger partial charge in [-0.15, -0.1) is 0 Å². The molecule has 1 aliphatic carbocycles. The number of ether oxygens (including phenoxy) is 1. The van der Waals surface area contributed by atoms with Crippen molar-refractivity contribution in [3.8, 4) is 5.88 Å². The van der Waals surface area contributed by atoms with Crippen LogP contribution in [0.15, 0.2) is 36.8 Å². The zero-order chi connectivity index (χ0) is 22.3. The number of carbonyl (C=O) groups is 1. The predicted octanol–water partition coefficient (Wildman–Crippen LogP) is 3.31. The van der Waals surface area contributed by atoms with E-state index in [-0.39, 0.29) is 18.3 Å². The first kappa shape index (κ1) is 21.7. The van der Waals surface area contributed by atoms with Crippen molar-refractivity contribution in [1.82, 2.24) is 19.9 Å². The molecule has 1 saturated carbocycles. The fourth-order valence-corrected chi connectivity index (χ4v) is 3.98. The first-order valence-corrected chi connectivity index (χ1v) is 11.0. The van der Waals surface area contributed by atoms with Crippen LogP contribution in [0.4, 0.5) is 11.8 Å². The molecule has 3 heterocycles. The number of rotatable bonds is 8. The molecule has 3 aromatic heterocycles. The van der Waals surface area contributed by atoms with Gasteiger partial charge in [-0.1, -0.05) is 0 Å². The van der Waals surface area contributed by atoms with E-state index in [4.69, 9.17) is 4.74 Å². The van der Waals surface area contributed by atoms with Gasteiger partial charge in [-0.05, 0) is 56.7 Å². The molecule has 168 valence electrons. The predicted molar refractivity (Wildman–Crippen MR) is 121 cm³/mol. The van der Waals surface area contributed by atoms with Gasteiger partial charge in [0, 0.05) is 42.1 Å². The summed E-state index contributed by atoms with van der Waals surface area (Å²) in [6.45, 7) is 2.98. The first-order valence-electron chi connectivity index (χ1n) is 11.0. The Labute approximate surface area is 186 Å². The van der Waals surface area contributed by atoms with Crippen molar-refractivity contribution in [3.05, 3.63) is 42.4 Å². The van der Waals surface area contributed by atoms with Crippen LogP contribution in [0.25, 0.3) is 10.9 Å². The van der Waals surface area contributed by atoms with E-state index in [1.165, 1.54) is 0 Å². The molecule has 3 aromatic rings. The molecular formula is C23H28N6O3. The van der Waals surface area contributed by atoms with Gasteiger partial charge in [0.2, 0.25) is 11.8 Å². The standard InChI is InChI=1S/C23H28N6O3/c1-2-32-20(30)11-16-13-26-23(27-14-16)25-12-15-3-6-18(7-4-15)28-19-8-5-17-9-10-24-22(31)21(17)29-19/h5,8-10,13-15,18H,2-4,6-7,11-12H2,1H3,(H,24,31)(H,28,29)(H,25,26,27)/t15-,18-. The zero-order valence-electron chi connectivity index (χ0n) is 18.1. The number of nitrogens with one attached hydrogen (secondary N) is 2. The van der Waals surface area contributed by atoms with Crippen LogP contribution in [0, 0.1) is 5.92 Å². The molecular weight excluding hydrogens is 408 g/mol. The fraction of sp³-hybridized carbons (Fsp3) is 0.435. The van der Waals surface area contributed by atoms with E-state index >= 15 is 0 Å². The second kappa shape index (κ2) is 10.2. The van der Waals surface area contributed by atoms with E-state index < -0.39 is 0 Å². The monoisotopic (exact) mass is 436 g/mol. The van der Waals surface area contributed by atoms with E-state index in [1.54, 1.807) is 25.5 Å². The zero-order valence-corrected chi connectivity index (χ0v) is 18.1. The third kappa shape index (κ3) is 5.60. The van der Waals surface area contributed by atoms with Gasteiger partial charge in [0.05, 0.1) is 13.0 Å². The molecule has 0 radical (unpaired) electrons. The van der Waals surface area contributed by atoms with Crippen LogP contribution in [0.1, 0.15) is 38.2 Å². The summed E-state index contributed by atoms with van der Waals surface area (Å²) in [6.07, 6.45) is 9.36. The lowest BCUT2D eigenvalue weighted by Crippen LogP contribution is -2.29. The summed E-state index contributed by atoms with van der Waals surface area (Å²) >= 11 is 0. The highest BCUT2D eigenvalue weighted by molar-refractivity contribution is 5.83. The van der Waals surface area contributed by atoms with Gasteiger partial charge < -0.3 is 20.5 Å². The molecule has 0 amide bonds. The Bertz CT molecular complexity index is 1050. The van der Waals surface area contributed by atoms with E-state index in [9.17, 15) is 9.90 Å². The molecule has 0 unspecified atom stereocenters. The molecule has 1 aliphatic rings. The molecule has 9 heteroatoms. The summed E-state index contributed by atoms with van der Waals surface area (Å²) < 4.78 is 4.94. The maximum absolute atomic E-state index is 11.5. The molecule has 9 nitrogen and oxygen atoms in total. The third-order valence-corrected chi connectivity index (χ3v) is 5.70. The van der Waals surface area contributed by atoms with Crippen LogP contribution < -0.4 is 10.6 Å². The summed E-state index contributed by atoms with van der Waals surface area (Å²) in [7, 11) is 0. The van der Waals surface area contributed by atoms with Gasteiger partial charge >= 0.3 is 5.97 Å². The molecule has 32 heavy (non-hydrogen) atoms. The maximum atomic E-state index is 11.5. The van der Waals surface area contributed by atoms with Crippen LogP contribution in [0.3, 0.4) is 0 Å². The van der Waals surface area contributed by atoms with Crippen molar-refractivity contribution < 1.29 is 14.6 Å². The Morgan fingerprint density at radius 3 is 2.66 bits per heavy atom. The smallest absolute Gasteiger partial charge is 0.310 e. The Morgan fingerprint density at radius 2 is 1.91 bits per heavy atom. The average Bonchev–Trinajstić information content (AvgIpc) is 2.80. The van der Waals surface area contributed by atoms with Crippen LogP contribution in [-0.4, -0.2) is 50.2 Å². The minimum Gasteiger partial charge on any atom is -0.492 e. The number of aromatic hydroxyl groups is 1. The quantitative estimate of drug-likeness (QED) is 0.456. The van der Waals surface area contributed by atoms with Gasteiger partial charge in [-0.3, -0.25) is 4.79 Å². The third-order valence-electron chi connectivity index (χ3n) is 5.70. The van der Waals surface area contributed by atoms with Crippen molar-refractivity contribution in [2.75, 3.05) is 23.8 Å². The minimum absolute atomic E-state index is 0.0444. The highest BCUT2D eigenvalue weighted by Crippen LogP contribution is 2.28. The number of hydrogen-bond acceptors (Lipinski definition) is 9. The van der Waals surface area contributed by atoms with E-state index in [2.05, 4.69) is 30.6 Å². The summed E-state index contributed by atoms with van der Waals surface area (Å²) in [4.78, 5) is 28.6. The Hall–Kier alpha value is -3.49. The van der Waals surface area contributed by atoms with Gasteiger partial charge in [0.1, 0.15) is 11.3 Å². The van der Waals surface area contributed by atoms with E-state index in [0.717, 1.165) is 49.0 Å². The second-order valence-corrected chi connectivity index (χ2v) is 8.04. The largest absolute Gasteiger partial charge is 0.492 e. The number of carbonyl (C=O) groups excluding carboxylic acids is 1. The van der Waals surface area contributed by atoms with Gasteiger partial charge in [0.15, 0.2) is 0 Å². The average molecular weight is 437 g/mol. The number of esters is 1. The molecule has 0 aliphatic heterocycles. The molecule has 0 aromatic carbocycles. The van der Waals surface area contributed by atoms with Gasteiger partial charge in [0.25, 0.3) is 0 Å². The molecule has 0 bridgehead atoms. The number of hydrogen-bond donors (Lipinski definition) is 3. The van der Waals surface area contributed by atoms with Crippen molar-refractivity contribution in [3.63, 3.8) is 0 Å². The Morgan fingerprint density at radius 1 is 1.12 bits per heavy atom. The SMILES string of the molecule is CCOC(=O)Cc1cnc(NC[C@H]2CC[C@H](Nc3ccc4ccnc(O)c4n3)CC2)nc1. The number of aromatic nitrogens is 4. The topological polar surface area (TPSA) is 122 Å². The number of fused-ring (bicyclic) bond motifs is 1. The summed E-state index contributed by atoms with van der Waals surface area (Å²) in [5.74, 6) is 1.57. The minimum atomic E-state index is -0.269. The molecule has 0 spiro atoms. The van der Waals surface area contributed by atoms with Crippen LogP contribution in [0.2, 0.25) is 0 Å². The lowest BCUT2D eigenvalue weighted by atomic mass is 9.86. The van der Waals surface area contributed by atoms with E-state index in [1.807, 2.05) is 18.2 Å². The highest BCUT2D eigenvalue weighted by atomic mass is 16.5. The maximum Gasteiger partial charge on any atom is 0.310 e.